The zero-order valence-electron chi connectivity index (χ0n) is 12.1. The first-order valence-corrected chi connectivity index (χ1v) is 8.82. The van der Waals surface area contributed by atoms with Gasteiger partial charge in [0, 0.05) is 5.30 Å². The number of benzene rings is 2. The van der Waals surface area contributed by atoms with Crippen LogP contribution < -0.4 is 0 Å². The molecule has 1 heterocycles. The Bertz CT molecular complexity index is 809. The molecule has 102 valence electrons. The van der Waals surface area contributed by atoms with Crippen molar-refractivity contribution in [2.24, 2.45) is 0 Å². The topological polar surface area (TPSA) is 0 Å². The van der Waals surface area contributed by atoms with Crippen LogP contribution >= 0.6 is 7.53 Å². The van der Waals surface area contributed by atoms with Crippen LogP contribution in [0.1, 0.15) is 18.1 Å². The Morgan fingerprint density at radius 2 is 1.62 bits per heavy atom. The van der Waals surface area contributed by atoms with Gasteiger partial charge in [-0.15, -0.1) is 0 Å². The molecule has 3 aromatic rings. The minimum atomic E-state index is -0.274. The molecule has 0 atom stereocenters. The van der Waals surface area contributed by atoms with Crippen LogP contribution in [-0.4, -0.2) is 0 Å². The van der Waals surface area contributed by atoms with E-state index in [1.165, 1.54) is 33.1 Å². The van der Waals surface area contributed by atoms with Gasteiger partial charge in [0.05, 0.1) is 0 Å². The van der Waals surface area contributed by atoms with Gasteiger partial charge in [-0.3, -0.25) is 0 Å². The molecule has 1 aromatic heterocycles. The standard InChI is InChI=1S/C20H17P/c1-15-11-18-13-17(16-7-3-2-4-8-16)14-20(19(18)12-15)21-9-5-6-10-21/h2-10,12-14H,11H2,1H3. The first-order chi connectivity index (χ1) is 10.3. The quantitative estimate of drug-likeness (QED) is 0.520. The zero-order valence-corrected chi connectivity index (χ0v) is 13.0. The number of fused-ring (bicyclic) bond motifs is 1. The van der Waals surface area contributed by atoms with Gasteiger partial charge < -0.3 is 0 Å². The van der Waals surface area contributed by atoms with Crippen LogP contribution in [0.4, 0.5) is 0 Å². The van der Waals surface area contributed by atoms with Gasteiger partial charge in [-0.1, -0.05) is 67.7 Å². The van der Waals surface area contributed by atoms with Crippen molar-refractivity contribution in [3.8, 4) is 16.4 Å². The van der Waals surface area contributed by atoms with Crippen LogP contribution in [0.5, 0.6) is 0 Å². The molecule has 4 rings (SSSR count). The fourth-order valence-corrected chi connectivity index (χ4v) is 4.88. The van der Waals surface area contributed by atoms with Crippen molar-refractivity contribution in [3.63, 3.8) is 0 Å². The van der Waals surface area contributed by atoms with Crippen LogP contribution in [-0.2, 0) is 6.42 Å². The van der Waals surface area contributed by atoms with Crippen molar-refractivity contribution in [1.82, 2.24) is 0 Å². The van der Waals surface area contributed by atoms with E-state index in [9.17, 15) is 0 Å². The highest BCUT2D eigenvalue weighted by molar-refractivity contribution is 7.56. The van der Waals surface area contributed by atoms with Gasteiger partial charge in [0.2, 0.25) is 0 Å². The maximum absolute atomic E-state index is 2.40. The molecule has 0 N–H and O–H groups in total. The van der Waals surface area contributed by atoms with Gasteiger partial charge in [-0.05, 0) is 53.3 Å². The molecule has 0 saturated carbocycles. The second-order valence-electron chi connectivity index (χ2n) is 5.69. The number of allylic oxidation sites excluding steroid dienone is 1. The van der Waals surface area contributed by atoms with Crippen molar-refractivity contribution in [2.75, 3.05) is 0 Å². The summed E-state index contributed by atoms with van der Waals surface area (Å²) in [5.41, 5.74) is 7.09. The summed E-state index contributed by atoms with van der Waals surface area (Å²) in [4.78, 5) is 0. The number of hydrogen-bond donors (Lipinski definition) is 0. The van der Waals surface area contributed by atoms with E-state index in [2.05, 4.69) is 79.2 Å². The second kappa shape index (κ2) is 5.06. The summed E-state index contributed by atoms with van der Waals surface area (Å²) in [6.07, 6.45) is 3.47. The summed E-state index contributed by atoms with van der Waals surface area (Å²) in [5.74, 6) is 4.70. The van der Waals surface area contributed by atoms with Gasteiger partial charge >= 0.3 is 0 Å². The fourth-order valence-electron chi connectivity index (χ4n) is 3.11. The lowest BCUT2D eigenvalue weighted by Crippen LogP contribution is -1.87. The van der Waals surface area contributed by atoms with Crippen molar-refractivity contribution in [1.29, 1.82) is 0 Å². The maximum Gasteiger partial charge on any atom is 0.00597 e. The lowest BCUT2D eigenvalue weighted by Gasteiger charge is -2.11. The molecule has 21 heavy (non-hydrogen) atoms. The highest BCUT2D eigenvalue weighted by Gasteiger charge is 2.16. The minimum absolute atomic E-state index is 0.274. The van der Waals surface area contributed by atoms with Gasteiger partial charge in [-0.25, -0.2) is 0 Å². The molecule has 1 heteroatoms. The molecule has 0 saturated heterocycles. The van der Waals surface area contributed by atoms with E-state index in [4.69, 9.17) is 0 Å². The molecule has 1 aliphatic carbocycles. The Kier molecular flexibility index (Phi) is 3.05. The Labute approximate surface area is 126 Å². The van der Waals surface area contributed by atoms with Crippen molar-refractivity contribution < 1.29 is 0 Å². The van der Waals surface area contributed by atoms with Crippen molar-refractivity contribution in [3.05, 3.63) is 82.9 Å². The summed E-state index contributed by atoms with van der Waals surface area (Å²) in [7, 11) is -0.274. The third-order valence-corrected chi connectivity index (χ3v) is 6.01. The second-order valence-corrected chi connectivity index (χ2v) is 7.58. The minimum Gasteiger partial charge on any atom is -0.0928 e. The number of hydrogen-bond acceptors (Lipinski definition) is 0. The van der Waals surface area contributed by atoms with E-state index in [1.807, 2.05) is 0 Å². The summed E-state index contributed by atoms with van der Waals surface area (Å²) >= 11 is 0. The van der Waals surface area contributed by atoms with Crippen molar-refractivity contribution >= 4 is 13.6 Å². The van der Waals surface area contributed by atoms with Crippen LogP contribution in [0.15, 0.2) is 71.8 Å². The van der Waals surface area contributed by atoms with Gasteiger partial charge in [0.15, 0.2) is 0 Å². The molecule has 2 aromatic carbocycles. The van der Waals surface area contributed by atoms with E-state index < -0.39 is 0 Å². The maximum atomic E-state index is 2.40. The fraction of sp³-hybridized carbons (Fsp3) is 0.100. The van der Waals surface area contributed by atoms with E-state index >= 15 is 0 Å². The third kappa shape index (κ3) is 2.26. The predicted octanol–water partition coefficient (Wildman–Crippen LogP) is 6.29. The SMILES string of the molecule is CC1=Cc2c(cc(-c3ccccc3)cc2-p2cccc2)C1. The molecule has 0 unspecified atom stereocenters. The number of rotatable bonds is 2. The highest BCUT2D eigenvalue weighted by Crippen LogP contribution is 2.47. The van der Waals surface area contributed by atoms with Gasteiger partial charge in [-0.2, -0.15) is 0 Å². The van der Waals surface area contributed by atoms with Gasteiger partial charge in [0.25, 0.3) is 0 Å². The molecular formula is C20H17P. The monoisotopic (exact) mass is 288 g/mol. The Balaban J connectivity index is 1.94. The third-order valence-electron chi connectivity index (χ3n) is 4.09. The Morgan fingerprint density at radius 3 is 2.38 bits per heavy atom. The van der Waals surface area contributed by atoms with Crippen LogP contribution in [0.2, 0.25) is 0 Å². The van der Waals surface area contributed by atoms with Gasteiger partial charge in [0.1, 0.15) is 0 Å². The van der Waals surface area contributed by atoms with Crippen LogP contribution in [0.3, 0.4) is 0 Å². The molecule has 0 bridgehead atoms. The molecule has 0 aliphatic heterocycles. The van der Waals surface area contributed by atoms with E-state index in [0.29, 0.717) is 0 Å². The lowest BCUT2D eigenvalue weighted by atomic mass is 10.00. The zero-order chi connectivity index (χ0) is 14.2. The average molecular weight is 288 g/mol. The normalized spacial score (nSPS) is 13.1. The average Bonchev–Trinajstić information content (AvgIpc) is 3.15. The summed E-state index contributed by atoms with van der Waals surface area (Å²) in [5, 5.41) is 1.50. The van der Waals surface area contributed by atoms with Crippen molar-refractivity contribution in [2.45, 2.75) is 13.3 Å². The van der Waals surface area contributed by atoms with E-state index in [1.54, 1.807) is 0 Å². The first-order valence-electron chi connectivity index (χ1n) is 7.34. The van der Waals surface area contributed by atoms with E-state index in [0.717, 1.165) is 6.42 Å². The Hall–Kier alpha value is -2.04. The smallest absolute Gasteiger partial charge is 0.00597 e. The van der Waals surface area contributed by atoms with Crippen LogP contribution in [0, 0.1) is 0 Å². The van der Waals surface area contributed by atoms with Crippen LogP contribution in [0.25, 0.3) is 22.5 Å². The molecular weight excluding hydrogens is 271 g/mol. The molecule has 1 aliphatic rings. The van der Waals surface area contributed by atoms with E-state index in [-0.39, 0.29) is 7.53 Å². The molecule has 0 amide bonds. The largest absolute Gasteiger partial charge is 0.0928 e. The molecule has 0 nitrogen and oxygen atoms in total. The highest BCUT2D eigenvalue weighted by atomic mass is 31.1. The molecule has 0 fully saturated rings. The summed E-state index contributed by atoms with van der Waals surface area (Å²) in [6.45, 7) is 2.24. The molecule has 0 radical (unpaired) electrons. The predicted molar refractivity (Wildman–Crippen MR) is 93.3 cm³/mol. The summed E-state index contributed by atoms with van der Waals surface area (Å²) < 4.78 is 0. The first kappa shape index (κ1) is 12.7. The Morgan fingerprint density at radius 1 is 0.857 bits per heavy atom. The molecule has 0 spiro atoms. The summed E-state index contributed by atoms with van der Waals surface area (Å²) in [6, 6.07) is 19.9. The lowest BCUT2D eigenvalue weighted by molar-refractivity contribution is 1.20.